The number of hydrogen-bond acceptors (Lipinski definition) is 5. The maximum absolute atomic E-state index is 10.9. The standard InChI is InChI=1S/C22H23NO3.C19H21NO2.H3P/c1-3-22(24)26-17-7-5-4-6-16-25-21-14-10-19(11-15-21)18-8-12-20(23-2)13-9-18;1-20-18-10-6-16(7-11-18)17-8-12-19(13-9-17)22-15-5-3-2-4-14-21;/h3,8-15H,1,4-7,16-17H2;6-13,21H,2-5,14-15H2;1H3. The lowest BCUT2D eigenvalue weighted by atomic mass is 10.1. The van der Waals surface area contributed by atoms with Crippen molar-refractivity contribution in [2.75, 3.05) is 26.4 Å². The molecule has 1 N–H and O–H groups in total. The first-order chi connectivity index (χ1) is 23.6. The van der Waals surface area contributed by atoms with Crippen LogP contribution in [0.5, 0.6) is 11.5 Å². The summed E-state index contributed by atoms with van der Waals surface area (Å²) in [7, 11) is 0. The molecule has 1 atom stereocenters. The SMILES string of the molecule is P.[C-]#[N+]c1ccc(-c2ccc(OCCCCCCO)cc2)cc1.[C-]#[N+]c1ccc(-c2ccc(OCCCCCCOC(=O)C=C)cc2)cc1. The first-order valence-electron chi connectivity index (χ1n) is 16.4. The average Bonchev–Trinajstić information content (AvgIpc) is 3.15. The molecular weight excluding hydrogens is 631 g/mol. The summed E-state index contributed by atoms with van der Waals surface area (Å²) < 4.78 is 16.4. The molecule has 0 aliphatic carbocycles. The van der Waals surface area contributed by atoms with Crippen molar-refractivity contribution in [3.8, 4) is 33.8 Å². The second kappa shape index (κ2) is 24.2. The first-order valence-corrected chi connectivity index (χ1v) is 16.4. The van der Waals surface area contributed by atoms with E-state index in [0.717, 1.165) is 85.1 Å². The van der Waals surface area contributed by atoms with Crippen LogP contribution in [0.25, 0.3) is 31.9 Å². The van der Waals surface area contributed by atoms with Gasteiger partial charge in [0.25, 0.3) is 0 Å². The highest BCUT2D eigenvalue weighted by Crippen LogP contribution is 2.26. The number of carbonyl (C=O) groups is 1. The van der Waals surface area contributed by atoms with Crippen molar-refractivity contribution >= 4 is 27.2 Å². The lowest BCUT2D eigenvalue weighted by Crippen LogP contribution is -2.02. The molecule has 0 aliphatic rings. The molecule has 0 heterocycles. The third-order valence-corrected chi connectivity index (χ3v) is 7.41. The Morgan fingerprint density at radius 3 is 1.27 bits per heavy atom. The molecule has 0 bridgehead atoms. The maximum atomic E-state index is 10.9. The fourth-order valence-corrected chi connectivity index (χ4v) is 4.68. The predicted molar refractivity (Wildman–Crippen MR) is 204 cm³/mol. The quantitative estimate of drug-likeness (QED) is 0.0373. The number of aliphatic hydroxyl groups is 1. The molecular formula is C41H47N2O5P. The Kier molecular flexibility index (Phi) is 19.9. The van der Waals surface area contributed by atoms with Crippen molar-refractivity contribution in [1.82, 2.24) is 0 Å². The molecule has 4 rings (SSSR count). The van der Waals surface area contributed by atoms with E-state index in [9.17, 15) is 4.79 Å². The highest BCUT2D eigenvalue weighted by molar-refractivity contribution is 6.92. The monoisotopic (exact) mass is 678 g/mol. The van der Waals surface area contributed by atoms with Crippen LogP contribution in [-0.2, 0) is 9.53 Å². The van der Waals surface area contributed by atoms with E-state index in [1.165, 1.54) is 6.08 Å². The van der Waals surface area contributed by atoms with Crippen molar-refractivity contribution < 1.29 is 24.1 Å². The molecule has 7 nitrogen and oxygen atoms in total. The van der Waals surface area contributed by atoms with Gasteiger partial charge in [0.15, 0.2) is 11.4 Å². The molecule has 1 unspecified atom stereocenters. The van der Waals surface area contributed by atoms with Gasteiger partial charge >= 0.3 is 5.97 Å². The van der Waals surface area contributed by atoms with Gasteiger partial charge in [-0.05, 0) is 91.5 Å². The van der Waals surface area contributed by atoms with E-state index >= 15 is 0 Å². The Bertz CT molecular complexity index is 1590. The van der Waals surface area contributed by atoms with Crippen molar-refractivity contribution in [2.24, 2.45) is 0 Å². The Morgan fingerprint density at radius 2 is 0.918 bits per heavy atom. The zero-order chi connectivity index (χ0) is 34.2. The number of carbonyl (C=O) groups excluding carboxylic acids is 1. The summed E-state index contributed by atoms with van der Waals surface area (Å²) >= 11 is 0. The minimum absolute atomic E-state index is 0. The maximum Gasteiger partial charge on any atom is 0.330 e. The van der Waals surface area contributed by atoms with E-state index in [-0.39, 0.29) is 22.5 Å². The van der Waals surface area contributed by atoms with Crippen LogP contribution in [0.2, 0.25) is 0 Å². The van der Waals surface area contributed by atoms with E-state index in [0.29, 0.717) is 31.2 Å². The Balaban J connectivity index is 0.000000338. The van der Waals surface area contributed by atoms with E-state index in [1.807, 2.05) is 97.1 Å². The lowest BCUT2D eigenvalue weighted by molar-refractivity contribution is -0.137. The van der Waals surface area contributed by atoms with Crippen molar-refractivity contribution in [1.29, 1.82) is 0 Å². The van der Waals surface area contributed by atoms with Crippen LogP contribution < -0.4 is 9.47 Å². The number of benzene rings is 4. The third kappa shape index (κ3) is 15.7. The van der Waals surface area contributed by atoms with Gasteiger partial charge in [-0.3, -0.25) is 0 Å². The molecule has 8 heteroatoms. The van der Waals surface area contributed by atoms with Gasteiger partial charge in [-0.15, -0.1) is 0 Å². The summed E-state index contributed by atoms with van der Waals surface area (Å²) in [6.07, 6.45) is 9.09. The molecule has 0 spiro atoms. The molecule has 0 aliphatic heterocycles. The molecule has 0 radical (unpaired) electrons. The van der Waals surface area contributed by atoms with Crippen LogP contribution in [0, 0.1) is 13.1 Å². The van der Waals surface area contributed by atoms with Gasteiger partial charge in [0.05, 0.1) is 33.0 Å². The van der Waals surface area contributed by atoms with Crippen LogP contribution >= 0.6 is 9.90 Å². The molecule has 4 aromatic rings. The molecule has 49 heavy (non-hydrogen) atoms. The van der Waals surface area contributed by atoms with Crippen LogP contribution in [0.15, 0.2) is 110 Å². The fourth-order valence-electron chi connectivity index (χ4n) is 4.68. The molecule has 0 aromatic heterocycles. The van der Waals surface area contributed by atoms with Crippen LogP contribution in [0.3, 0.4) is 0 Å². The highest BCUT2D eigenvalue weighted by Gasteiger charge is 2.02. The first kappa shape index (κ1) is 40.2. The normalized spacial score (nSPS) is 9.86. The number of nitrogens with zero attached hydrogens (tertiary/aromatic N) is 2. The highest BCUT2D eigenvalue weighted by atomic mass is 31.0. The van der Waals surface area contributed by atoms with Gasteiger partial charge in [0, 0.05) is 12.7 Å². The van der Waals surface area contributed by atoms with Crippen molar-refractivity contribution in [3.05, 3.63) is 133 Å². The zero-order valence-electron chi connectivity index (χ0n) is 28.2. The number of ether oxygens (including phenoxy) is 3. The summed E-state index contributed by atoms with van der Waals surface area (Å²) in [5.41, 5.74) is 5.70. The zero-order valence-corrected chi connectivity index (χ0v) is 29.6. The fraction of sp³-hybridized carbons (Fsp3) is 0.293. The van der Waals surface area contributed by atoms with Gasteiger partial charge in [-0.25, -0.2) is 14.5 Å². The smallest absolute Gasteiger partial charge is 0.330 e. The van der Waals surface area contributed by atoms with Gasteiger partial charge < -0.3 is 19.3 Å². The predicted octanol–water partition coefficient (Wildman–Crippen LogP) is 10.5. The number of esters is 1. The summed E-state index contributed by atoms with van der Waals surface area (Å²) in [5.74, 6) is 1.37. The van der Waals surface area contributed by atoms with E-state index in [2.05, 4.69) is 16.3 Å². The van der Waals surface area contributed by atoms with Crippen molar-refractivity contribution in [2.45, 2.75) is 51.4 Å². The van der Waals surface area contributed by atoms with Gasteiger partial charge in [0.2, 0.25) is 0 Å². The molecule has 0 amide bonds. The summed E-state index contributed by atoms with van der Waals surface area (Å²) in [5, 5.41) is 8.70. The van der Waals surface area contributed by atoms with E-state index < -0.39 is 0 Å². The Labute approximate surface area is 294 Å². The molecule has 256 valence electrons. The second-order valence-corrected chi connectivity index (χ2v) is 11.0. The summed E-state index contributed by atoms with van der Waals surface area (Å²) in [6, 6.07) is 31.2. The Morgan fingerprint density at radius 1 is 0.571 bits per heavy atom. The molecule has 0 saturated heterocycles. The van der Waals surface area contributed by atoms with Crippen LogP contribution in [0.1, 0.15) is 51.4 Å². The van der Waals surface area contributed by atoms with E-state index in [4.69, 9.17) is 32.5 Å². The molecule has 0 saturated carbocycles. The van der Waals surface area contributed by atoms with Crippen LogP contribution in [-0.4, -0.2) is 37.5 Å². The molecule has 4 aromatic carbocycles. The summed E-state index contributed by atoms with van der Waals surface area (Å²) in [6.45, 7) is 19.4. The summed E-state index contributed by atoms with van der Waals surface area (Å²) in [4.78, 5) is 17.7. The van der Waals surface area contributed by atoms with Crippen molar-refractivity contribution in [3.63, 3.8) is 0 Å². The number of hydrogen-bond donors (Lipinski definition) is 1. The third-order valence-electron chi connectivity index (χ3n) is 7.41. The van der Waals surface area contributed by atoms with Gasteiger partial charge in [0.1, 0.15) is 11.5 Å². The van der Waals surface area contributed by atoms with Gasteiger partial charge in [-0.2, -0.15) is 9.90 Å². The number of aliphatic hydroxyl groups excluding tert-OH is 1. The molecule has 0 fully saturated rings. The largest absolute Gasteiger partial charge is 0.494 e. The minimum Gasteiger partial charge on any atom is -0.494 e. The number of unbranched alkanes of at least 4 members (excludes halogenated alkanes) is 6. The lowest BCUT2D eigenvalue weighted by Gasteiger charge is -2.08. The Hall–Kier alpha value is -4.94. The number of rotatable bonds is 18. The van der Waals surface area contributed by atoms with Crippen LogP contribution in [0.4, 0.5) is 11.4 Å². The van der Waals surface area contributed by atoms with E-state index in [1.54, 1.807) is 0 Å². The average molecular weight is 679 g/mol. The topological polar surface area (TPSA) is 73.7 Å². The second-order valence-electron chi connectivity index (χ2n) is 11.0. The van der Waals surface area contributed by atoms with Gasteiger partial charge in [-0.1, -0.05) is 85.8 Å². The minimum atomic E-state index is -0.362.